The second kappa shape index (κ2) is 3.94. The summed E-state index contributed by atoms with van der Waals surface area (Å²) in [5, 5.41) is 13.1. The number of hydrogen-bond acceptors (Lipinski definition) is 3. The van der Waals surface area contributed by atoms with E-state index in [0.717, 1.165) is 0 Å². The Bertz CT molecular complexity index is 551. The number of hydrogen-bond donors (Lipinski definition) is 1. The molecule has 1 aromatic heterocycles. The third-order valence-corrected chi connectivity index (χ3v) is 2.37. The van der Waals surface area contributed by atoms with Crippen molar-refractivity contribution in [2.75, 3.05) is 0 Å². The Kier molecular flexibility index (Phi) is 2.62. The van der Waals surface area contributed by atoms with Crippen LogP contribution in [0, 0.1) is 6.92 Å². The summed E-state index contributed by atoms with van der Waals surface area (Å²) in [6.45, 7) is 1.77. The number of carboxylic acid groups (broad SMARTS) is 1. The summed E-state index contributed by atoms with van der Waals surface area (Å²) in [7, 11) is 0. The zero-order valence-corrected chi connectivity index (χ0v) is 9.14. The quantitative estimate of drug-likeness (QED) is 0.867. The van der Waals surface area contributed by atoms with Gasteiger partial charge in [0.15, 0.2) is 0 Å². The molecule has 2 aromatic rings. The van der Waals surface area contributed by atoms with Crippen LogP contribution in [0.3, 0.4) is 0 Å². The molecule has 0 aliphatic rings. The first kappa shape index (κ1) is 10.6. The van der Waals surface area contributed by atoms with Crippen LogP contribution >= 0.6 is 11.6 Å². The summed E-state index contributed by atoms with van der Waals surface area (Å²) >= 11 is 5.84. The predicted molar refractivity (Wildman–Crippen MR) is 58.1 cm³/mol. The largest absolute Gasteiger partial charge is 0.478 e. The van der Waals surface area contributed by atoms with Crippen LogP contribution in [0.5, 0.6) is 0 Å². The van der Waals surface area contributed by atoms with Gasteiger partial charge in [-0.25, -0.2) is 14.5 Å². The fourth-order valence-corrected chi connectivity index (χ4v) is 1.55. The standard InChI is InChI=1S/C10H8ClN3O2/c1-6-12-5-14(13-6)7-2-3-8(10(15)16)9(11)4-7/h2-5H,1H3,(H,15,16). The molecule has 0 amide bonds. The van der Waals surface area contributed by atoms with Gasteiger partial charge in [0.1, 0.15) is 12.2 Å². The third-order valence-electron chi connectivity index (χ3n) is 2.05. The van der Waals surface area contributed by atoms with Gasteiger partial charge in [-0.05, 0) is 25.1 Å². The predicted octanol–water partition coefficient (Wildman–Crippen LogP) is 1.93. The fraction of sp³-hybridized carbons (Fsp3) is 0.100. The number of carbonyl (C=O) groups is 1. The van der Waals surface area contributed by atoms with E-state index in [2.05, 4.69) is 10.1 Å². The normalized spacial score (nSPS) is 10.4. The molecule has 0 bridgehead atoms. The molecule has 0 spiro atoms. The van der Waals surface area contributed by atoms with E-state index in [1.165, 1.54) is 10.7 Å². The molecule has 5 nitrogen and oxygen atoms in total. The van der Waals surface area contributed by atoms with Crippen molar-refractivity contribution in [3.05, 3.63) is 40.9 Å². The summed E-state index contributed by atoms with van der Waals surface area (Å²) in [6.07, 6.45) is 1.54. The lowest BCUT2D eigenvalue weighted by atomic mass is 10.2. The molecule has 0 radical (unpaired) electrons. The first-order chi connectivity index (χ1) is 7.58. The van der Waals surface area contributed by atoms with E-state index in [0.29, 0.717) is 11.5 Å². The van der Waals surface area contributed by atoms with Crippen LogP contribution in [0.25, 0.3) is 5.69 Å². The Morgan fingerprint density at radius 2 is 2.25 bits per heavy atom. The van der Waals surface area contributed by atoms with Crippen LogP contribution in [-0.4, -0.2) is 25.8 Å². The number of carboxylic acids is 1. The van der Waals surface area contributed by atoms with Crippen molar-refractivity contribution < 1.29 is 9.90 Å². The number of benzene rings is 1. The molecule has 2 rings (SSSR count). The lowest BCUT2D eigenvalue weighted by molar-refractivity contribution is 0.0697. The van der Waals surface area contributed by atoms with Crippen molar-refractivity contribution in [3.8, 4) is 5.69 Å². The first-order valence-electron chi connectivity index (χ1n) is 4.49. The Labute approximate surface area is 96.3 Å². The first-order valence-corrected chi connectivity index (χ1v) is 4.87. The van der Waals surface area contributed by atoms with Crippen LogP contribution in [0.15, 0.2) is 24.5 Å². The van der Waals surface area contributed by atoms with E-state index in [4.69, 9.17) is 16.7 Å². The summed E-state index contributed by atoms with van der Waals surface area (Å²) < 4.78 is 1.53. The van der Waals surface area contributed by atoms with E-state index < -0.39 is 5.97 Å². The average Bonchev–Trinajstić information content (AvgIpc) is 2.64. The van der Waals surface area contributed by atoms with Crippen LogP contribution in [0.4, 0.5) is 0 Å². The van der Waals surface area contributed by atoms with E-state index >= 15 is 0 Å². The second-order valence-corrected chi connectivity index (χ2v) is 3.61. The molecule has 0 unspecified atom stereocenters. The van der Waals surface area contributed by atoms with Gasteiger partial charge in [-0.1, -0.05) is 11.6 Å². The van der Waals surface area contributed by atoms with E-state index in [1.807, 2.05) is 0 Å². The van der Waals surface area contributed by atoms with Crippen LogP contribution < -0.4 is 0 Å². The van der Waals surface area contributed by atoms with Gasteiger partial charge in [-0.3, -0.25) is 0 Å². The molecule has 6 heteroatoms. The zero-order valence-electron chi connectivity index (χ0n) is 8.38. The summed E-state index contributed by atoms with van der Waals surface area (Å²) in [5.74, 6) is -0.412. The molecule has 1 heterocycles. The number of aryl methyl sites for hydroxylation is 1. The fourth-order valence-electron chi connectivity index (χ4n) is 1.29. The number of halogens is 1. The molecule has 0 fully saturated rings. The Hall–Kier alpha value is -1.88. The molecule has 0 saturated heterocycles. The highest BCUT2D eigenvalue weighted by molar-refractivity contribution is 6.33. The second-order valence-electron chi connectivity index (χ2n) is 3.21. The summed E-state index contributed by atoms with van der Waals surface area (Å²) in [4.78, 5) is 14.7. The number of rotatable bonds is 2. The smallest absolute Gasteiger partial charge is 0.337 e. The van der Waals surface area contributed by atoms with Crippen LogP contribution in [0.1, 0.15) is 16.2 Å². The minimum atomic E-state index is -1.05. The van der Waals surface area contributed by atoms with Crippen molar-refractivity contribution in [1.29, 1.82) is 0 Å². The highest BCUT2D eigenvalue weighted by atomic mass is 35.5. The Morgan fingerprint density at radius 1 is 1.50 bits per heavy atom. The Balaban J connectivity index is 2.45. The van der Waals surface area contributed by atoms with Gasteiger partial charge in [-0.15, -0.1) is 0 Å². The molecule has 1 N–H and O–H groups in total. The molecule has 1 aromatic carbocycles. The van der Waals surface area contributed by atoms with E-state index in [1.54, 1.807) is 25.4 Å². The minimum Gasteiger partial charge on any atom is -0.478 e. The topological polar surface area (TPSA) is 68.0 Å². The SMILES string of the molecule is Cc1ncn(-c2ccc(C(=O)O)c(Cl)c2)n1. The molecule has 0 aliphatic heterocycles. The van der Waals surface area contributed by atoms with Gasteiger partial charge in [0, 0.05) is 0 Å². The molecular weight excluding hydrogens is 230 g/mol. The molecule has 0 saturated carbocycles. The van der Waals surface area contributed by atoms with Crippen LogP contribution in [0.2, 0.25) is 5.02 Å². The van der Waals surface area contributed by atoms with Gasteiger partial charge < -0.3 is 5.11 Å². The maximum absolute atomic E-state index is 10.8. The number of aromatic carboxylic acids is 1. The van der Waals surface area contributed by atoms with Gasteiger partial charge in [0.25, 0.3) is 0 Å². The molecule has 16 heavy (non-hydrogen) atoms. The highest BCUT2D eigenvalue weighted by Gasteiger charge is 2.09. The average molecular weight is 238 g/mol. The minimum absolute atomic E-state index is 0.0715. The summed E-state index contributed by atoms with van der Waals surface area (Å²) in [5.41, 5.74) is 0.748. The van der Waals surface area contributed by atoms with Gasteiger partial charge in [0.2, 0.25) is 0 Å². The third kappa shape index (κ3) is 1.90. The maximum atomic E-state index is 10.8. The van der Waals surface area contributed by atoms with Gasteiger partial charge >= 0.3 is 5.97 Å². The van der Waals surface area contributed by atoms with E-state index in [-0.39, 0.29) is 10.6 Å². The van der Waals surface area contributed by atoms with Crippen molar-refractivity contribution in [3.63, 3.8) is 0 Å². The van der Waals surface area contributed by atoms with Gasteiger partial charge in [0.05, 0.1) is 16.3 Å². The lowest BCUT2D eigenvalue weighted by Crippen LogP contribution is -2.00. The number of aromatic nitrogens is 3. The van der Waals surface area contributed by atoms with Gasteiger partial charge in [-0.2, -0.15) is 5.10 Å². The van der Waals surface area contributed by atoms with E-state index in [9.17, 15) is 4.79 Å². The maximum Gasteiger partial charge on any atom is 0.337 e. The summed E-state index contributed by atoms with van der Waals surface area (Å²) in [6, 6.07) is 4.61. The van der Waals surface area contributed by atoms with Crippen molar-refractivity contribution in [2.45, 2.75) is 6.92 Å². The molecular formula is C10H8ClN3O2. The number of nitrogens with zero attached hydrogens (tertiary/aromatic N) is 3. The van der Waals surface area contributed by atoms with Crippen molar-refractivity contribution >= 4 is 17.6 Å². The van der Waals surface area contributed by atoms with Crippen molar-refractivity contribution in [1.82, 2.24) is 14.8 Å². The monoisotopic (exact) mass is 237 g/mol. The molecule has 0 aliphatic carbocycles. The highest BCUT2D eigenvalue weighted by Crippen LogP contribution is 2.19. The zero-order chi connectivity index (χ0) is 11.7. The Morgan fingerprint density at radius 3 is 2.75 bits per heavy atom. The molecule has 0 atom stereocenters. The van der Waals surface area contributed by atoms with Crippen molar-refractivity contribution in [2.24, 2.45) is 0 Å². The lowest BCUT2D eigenvalue weighted by Gasteiger charge is -2.03. The molecule has 82 valence electrons. The van der Waals surface area contributed by atoms with Crippen LogP contribution in [-0.2, 0) is 0 Å².